The van der Waals surface area contributed by atoms with Gasteiger partial charge in [-0.1, -0.05) is 140 Å². The van der Waals surface area contributed by atoms with Crippen molar-refractivity contribution in [2.24, 2.45) is 0 Å². The minimum Gasteiger partial charge on any atom is -0.456 e. The average Bonchev–Trinajstić information content (AvgIpc) is 3.75. The van der Waals surface area contributed by atoms with Crippen molar-refractivity contribution in [3.8, 4) is 22.3 Å². The van der Waals surface area contributed by atoms with E-state index in [1.807, 2.05) is 6.07 Å². The van der Waals surface area contributed by atoms with E-state index in [1.165, 1.54) is 16.3 Å². The van der Waals surface area contributed by atoms with E-state index in [9.17, 15) is 0 Å². The molecule has 0 aliphatic heterocycles. The molecule has 2 heterocycles. The number of para-hydroxylation sites is 2. The molecule has 0 N–H and O–H groups in total. The third-order valence-corrected chi connectivity index (χ3v) is 9.66. The van der Waals surface area contributed by atoms with Crippen molar-refractivity contribution in [1.82, 2.24) is 0 Å². The number of nitrogens with zero attached hydrogens (tertiary/aromatic N) is 1. The van der Waals surface area contributed by atoms with Crippen LogP contribution in [-0.2, 0) is 0 Å². The molecule has 0 fully saturated rings. The normalized spacial score (nSPS) is 11.7. The maximum atomic E-state index is 6.90. The van der Waals surface area contributed by atoms with Gasteiger partial charge < -0.3 is 13.7 Å². The summed E-state index contributed by atoms with van der Waals surface area (Å²) in [6.07, 6.45) is 0. The molecule has 0 aliphatic carbocycles. The lowest BCUT2D eigenvalue weighted by atomic mass is 9.98. The first-order chi connectivity index (χ1) is 24.3. The lowest BCUT2D eigenvalue weighted by Gasteiger charge is -2.28. The summed E-state index contributed by atoms with van der Waals surface area (Å²) in [6.45, 7) is 0. The molecule has 0 amide bonds. The zero-order valence-corrected chi connectivity index (χ0v) is 26.5. The maximum Gasteiger partial charge on any atom is 0.160 e. The molecule has 0 radical (unpaired) electrons. The molecule has 8 aromatic carbocycles. The fraction of sp³-hybridized carbons (Fsp3) is 0. The van der Waals surface area contributed by atoms with Crippen LogP contribution in [0.25, 0.3) is 76.9 Å². The molecule has 10 rings (SSSR count). The summed E-state index contributed by atoms with van der Waals surface area (Å²) in [7, 11) is 0. The second-order valence-corrected chi connectivity index (χ2v) is 12.5. The maximum absolute atomic E-state index is 6.90. The van der Waals surface area contributed by atoms with E-state index in [0.717, 1.165) is 77.6 Å². The fourth-order valence-corrected chi connectivity index (χ4v) is 7.44. The van der Waals surface area contributed by atoms with Gasteiger partial charge in [0.1, 0.15) is 16.7 Å². The van der Waals surface area contributed by atoms with Gasteiger partial charge in [-0.15, -0.1) is 0 Å². The lowest BCUT2D eigenvalue weighted by Crippen LogP contribution is -2.11. The van der Waals surface area contributed by atoms with Crippen LogP contribution >= 0.6 is 0 Å². The van der Waals surface area contributed by atoms with Crippen LogP contribution in [0, 0.1) is 0 Å². The monoisotopic (exact) mass is 627 g/mol. The van der Waals surface area contributed by atoms with Crippen LogP contribution in [0.1, 0.15) is 0 Å². The second kappa shape index (κ2) is 11.0. The molecular formula is C46H29NO2. The zero-order chi connectivity index (χ0) is 32.3. The SMILES string of the molecule is c1ccc(-c2ccc(N(c3ccccc3-c3ccccc3)c3cc4oc5ccc6ccccc6c5c4c4c3oc3ccccc34)cc2)cc1. The van der Waals surface area contributed by atoms with Gasteiger partial charge in [-0.25, -0.2) is 0 Å². The summed E-state index contributed by atoms with van der Waals surface area (Å²) in [5.74, 6) is 0. The number of hydrogen-bond acceptors (Lipinski definition) is 3. The highest BCUT2D eigenvalue weighted by molar-refractivity contribution is 6.32. The molecule has 0 saturated heterocycles. The van der Waals surface area contributed by atoms with Gasteiger partial charge in [0.2, 0.25) is 0 Å². The van der Waals surface area contributed by atoms with Crippen LogP contribution in [0.5, 0.6) is 0 Å². The molecule has 230 valence electrons. The molecule has 49 heavy (non-hydrogen) atoms. The van der Waals surface area contributed by atoms with Gasteiger partial charge >= 0.3 is 0 Å². The quantitative estimate of drug-likeness (QED) is 0.190. The van der Waals surface area contributed by atoms with Gasteiger partial charge in [0.05, 0.1) is 11.4 Å². The Morgan fingerprint density at radius 2 is 1.02 bits per heavy atom. The molecular weight excluding hydrogens is 599 g/mol. The topological polar surface area (TPSA) is 29.5 Å². The van der Waals surface area contributed by atoms with Crippen LogP contribution in [-0.4, -0.2) is 0 Å². The van der Waals surface area contributed by atoms with Crippen LogP contribution in [0.3, 0.4) is 0 Å². The summed E-state index contributed by atoms with van der Waals surface area (Å²) < 4.78 is 13.7. The highest BCUT2D eigenvalue weighted by Crippen LogP contribution is 2.50. The smallest absolute Gasteiger partial charge is 0.160 e. The van der Waals surface area contributed by atoms with Crippen molar-refractivity contribution >= 4 is 71.7 Å². The van der Waals surface area contributed by atoms with Crippen molar-refractivity contribution in [2.75, 3.05) is 4.90 Å². The molecule has 0 unspecified atom stereocenters. The van der Waals surface area contributed by atoms with Gasteiger partial charge in [-0.05, 0) is 57.8 Å². The van der Waals surface area contributed by atoms with Gasteiger partial charge in [-0.2, -0.15) is 0 Å². The van der Waals surface area contributed by atoms with E-state index in [2.05, 4.69) is 175 Å². The number of rotatable bonds is 5. The van der Waals surface area contributed by atoms with E-state index in [0.29, 0.717) is 0 Å². The Bertz CT molecular complexity index is 2810. The Morgan fingerprint density at radius 1 is 0.367 bits per heavy atom. The predicted molar refractivity (Wildman–Crippen MR) is 204 cm³/mol. The summed E-state index contributed by atoms with van der Waals surface area (Å²) in [4.78, 5) is 2.33. The van der Waals surface area contributed by atoms with E-state index in [1.54, 1.807) is 0 Å². The summed E-state index contributed by atoms with van der Waals surface area (Å²) in [6, 6.07) is 61.7. The summed E-state index contributed by atoms with van der Waals surface area (Å²) >= 11 is 0. The number of anilines is 3. The van der Waals surface area contributed by atoms with Crippen molar-refractivity contribution in [2.45, 2.75) is 0 Å². The molecule has 10 aromatic rings. The lowest BCUT2D eigenvalue weighted by molar-refractivity contribution is 0.663. The number of benzene rings is 8. The molecule has 0 saturated carbocycles. The molecule has 0 aliphatic rings. The molecule has 2 aromatic heterocycles. The van der Waals surface area contributed by atoms with Crippen molar-refractivity contribution < 1.29 is 8.83 Å². The summed E-state index contributed by atoms with van der Waals surface area (Å²) in [5.41, 5.74) is 10.9. The highest BCUT2D eigenvalue weighted by atomic mass is 16.3. The Morgan fingerprint density at radius 3 is 1.84 bits per heavy atom. The van der Waals surface area contributed by atoms with E-state index in [-0.39, 0.29) is 0 Å². The first kappa shape index (κ1) is 27.5. The number of hydrogen-bond donors (Lipinski definition) is 0. The predicted octanol–water partition coefficient (Wildman–Crippen LogP) is 13.4. The van der Waals surface area contributed by atoms with E-state index < -0.39 is 0 Å². The summed E-state index contributed by atoms with van der Waals surface area (Å²) in [5, 5.41) is 6.66. The standard InChI is InChI=1S/C46H29NO2/c1-3-13-30(14-4-1)31-23-26-34(27-24-31)47(38-21-11-9-18-35(38)32-15-5-2-6-16-32)39-29-42-45(44-37-20-10-12-22-40(37)49-46(39)44)43-36-19-8-7-17-33(36)25-28-41(43)48-42/h1-29H. The number of fused-ring (bicyclic) bond motifs is 9. The first-order valence-corrected chi connectivity index (χ1v) is 16.6. The molecule has 0 spiro atoms. The second-order valence-electron chi connectivity index (χ2n) is 12.5. The Balaban J connectivity index is 1.32. The molecule has 0 bridgehead atoms. The van der Waals surface area contributed by atoms with Crippen LogP contribution < -0.4 is 4.90 Å². The van der Waals surface area contributed by atoms with Gasteiger partial charge in [0, 0.05) is 38.9 Å². The largest absolute Gasteiger partial charge is 0.456 e. The van der Waals surface area contributed by atoms with Gasteiger partial charge in [-0.3, -0.25) is 0 Å². The minimum absolute atomic E-state index is 0.819. The van der Waals surface area contributed by atoms with Crippen molar-refractivity contribution in [1.29, 1.82) is 0 Å². The van der Waals surface area contributed by atoms with Gasteiger partial charge in [0.25, 0.3) is 0 Å². The zero-order valence-electron chi connectivity index (χ0n) is 26.5. The Hall–Kier alpha value is -6.58. The van der Waals surface area contributed by atoms with Crippen molar-refractivity contribution in [3.05, 3.63) is 176 Å². The fourth-order valence-electron chi connectivity index (χ4n) is 7.44. The highest BCUT2D eigenvalue weighted by Gasteiger charge is 2.26. The third-order valence-electron chi connectivity index (χ3n) is 9.66. The van der Waals surface area contributed by atoms with E-state index in [4.69, 9.17) is 8.83 Å². The minimum atomic E-state index is 0.819. The van der Waals surface area contributed by atoms with Gasteiger partial charge in [0.15, 0.2) is 5.58 Å². The first-order valence-electron chi connectivity index (χ1n) is 16.6. The Kier molecular flexibility index (Phi) is 6.18. The van der Waals surface area contributed by atoms with Crippen molar-refractivity contribution in [3.63, 3.8) is 0 Å². The molecule has 3 heteroatoms. The van der Waals surface area contributed by atoms with Crippen LogP contribution in [0.4, 0.5) is 17.1 Å². The molecule has 3 nitrogen and oxygen atoms in total. The van der Waals surface area contributed by atoms with E-state index >= 15 is 0 Å². The Labute approximate surface area is 282 Å². The van der Waals surface area contributed by atoms with Crippen LogP contribution in [0.15, 0.2) is 185 Å². The van der Waals surface area contributed by atoms with Crippen LogP contribution in [0.2, 0.25) is 0 Å². The molecule has 0 atom stereocenters. The number of furan rings is 2. The average molecular weight is 628 g/mol. The third kappa shape index (κ3) is 4.37.